The van der Waals surface area contributed by atoms with Gasteiger partial charge in [0, 0.05) is 37.9 Å². The number of hydrogen-bond donors (Lipinski definition) is 0. The van der Waals surface area contributed by atoms with Gasteiger partial charge in [-0.15, -0.1) is 0 Å². The van der Waals surface area contributed by atoms with Gasteiger partial charge >= 0.3 is 0 Å². The number of carbonyl (C=O) groups is 1. The van der Waals surface area contributed by atoms with Crippen LogP contribution in [0.3, 0.4) is 0 Å². The average Bonchev–Trinajstić information content (AvgIpc) is 2.98. The van der Waals surface area contributed by atoms with Crippen molar-refractivity contribution in [3.63, 3.8) is 0 Å². The van der Waals surface area contributed by atoms with E-state index in [9.17, 15) is 4.79 Å². The maximum Gasteiger partial charge on any atom is 0.227 e. The van der Waals surface area contributed by atoms with Crippen LogP contribution in [0.5, 0.6) is 0 Å². The van der Waals surface area contributed by atoms with Crippen molar-refractivity contribution >= 4 is 5.91 Å². The third-order valence-corrected chi connectivity index (χ3v) is 5.03. The fourth-order valence-electron chi connectivity index (χ4n) is 3.58. The fourth-order valence-corrected chi connectivity index (χ4v) is 3.58. The van der Waals surface area contributed by atoms with Gasteiger partial charge in [0.2, 0.25) is 5.91 Å². The van der Waals surface area contributed by atoms with Crippen molar-refractivity contribution in [3.8, 4) is 0 Å². The highest BCUT2D eigenvalue weighted by atomic mass is 16.2. The van der Waals surface area contributed by atoms with E-state index in [0.29, 0.717) is 18.9 Å². The van der Waals surface area contributed by atoms with Crippen molar-refractivity contribution in [2.45, 2.75) is 33.4 Å². The lowest BCUT2D eigenvalue weighted by molar-refractivity contribution is -0.131. The molecule has 0 N–H and O–H groups in total. The number of fused-ring (bicyclic) bond motifs is 1. The van der Waals surface area contributed by atoms with Gasteiger partial charge in [-0.2, -0.15) is 0 Å². The Morgan fingerprint density at radius 2 is 1.96 bits per heavy atom. The molecule has 25 heavy (non-hydrogen) atoms. The molecule has 2 aromatic rings. The molecule has 0 bridgehead atoms. The Kier molecular flexibility index (Phi) is 5.87. The van der Waals surface area contributed by atoms with Crippen molar-refractivity contribution in [2.24, 2.45) is 5.92 Å². The normalized spacial score (nSPS) is 17.4. The van der Waals surface area contributed by atoms with E-state index >= 15 is 0 Å². The molecule has 134 valence electrons. The zero-order valence-corrected chi connectivity index (χ0v) is 15.3. The molecule has 2 heterocycles. The molecule has 3 rings (SSSR count). The lowest BCUT2D eigenvalue weighted by atomic mass is 10.1. The van der Waals surface area contributed by atoms with Gasteiger partial charge in [-0.3, -0.25) is 4.79 Å². The van der Waals surface area contributed by atoms with E-state index in [1.54, 1.807) is 0 Å². The summed E-state index contributed by atoms with van der Waals surface area (Å²) in [4.78, 5) is 21.8. The van der Waals surface area contributed by atoms with Gasteiger partial charge in [-0.05, 0) is 18.7 Å². The molecule has 5 heteroatoms. The van der Waals surface area contributed by atoms with E-state index in [-0.39, 0.29) is 5.91 Å². The van der Waals surface area contributed by atoms with Crippen LogP contribution in [0, 0.1) is 5.92 Å². The molecule has 1 aliphatic rings. The van der Waals surface area contributed by atoms with E-state index in [4.69, 9.17) is 0 Å². The summed E-state index contributed by atoms with van der Waals surface area (Å²) in [5, 5.41) is 0. The zero-order valence-electron chi connectivity index (χ0n) is 15.3. The molecule has 1 aliphatic heterocycles. The van der Waals surface area contributed by atoms with Gasteiger partial charge < -0.3 is 14.4 Å². The van der Waals surface area contributed by atoms with Gasteiger partial charge in [0.15, 0.2) is 0 Å². The summed E-state index contributed by atoms with van der Waals surface area (Å²) in [6.07, 6.45) is 4.34. The summed E-state index contributed by atoms with van der Waals surface area (Å²) in [6.45, 7) is 9.82. The van der Waals surface area contributed by atoms with Gasteiger partial charge in [-0.25, -0.2) is 4.98 Å². The van der Waals surface area contributed by atoms with Gasteiger partial charge in [0.1, 0.15) is 5.82 Å². The zero-order chi connectivity index (χ0) is 17.6. The minimum atomic E-state index is 0.187. The van der Waals surface area contributed by atoms with Gasteiger partial charge in [-0.1, -0.05) is 44.2 Å². The van der Waals surface area contributed by atoms with Crippen LogP contribution in [0.1, 0.15) is 25.2 Å². The van der Waals surface area contributed by atoms with Crippen LogP contribution in [0.4, 0.5) is 0 Å². The monoisotopic (exact) mass is 340 g/mol. The van der Waals surface area contributed by atoms with Crippen molar-refractivity contribution in [1.29, 1.82) is 0 Å². The first kappa shape index (κ1) is 17.7. The molecule has 0 saturated heterocycles. The Labute approximate surface area is 150 Å². The molecule has 1 atom stereocenters. The van der Waals surface area contributed by atoms with Crippen LogP contribution in [-0.4, -0.2) is 51.4 Å². The first-order chi connectivity index (χ1) is 12.2. The first-order valence-electron chi connectivity index (χ1n) is 9.23. The molecule has 1 amide bonds. The summed E-state index contributed by atoms with van der Waals surface area (Å²) in [5.74, 6) is 1.60. The predicted molar refractivity (Wildman–Crippen MR) is 99.1 cm³/mol. The van der Waals surface area contributed by atoms with E-state index < -0.39 is 0 Å². The Hall–Kier alpha value is -2.14. The summed E-state index contributed by atoms with van der Waals surface area (Å²) in [7, 11) is 0. The predicted octanol–water partition coefficient (Wildman–Crippen LogP) is 2.43. The highest BCUT2D eigenvalue weighted by Gasteiger charge is 2.26. The first-order valence-corrected chi connectivity index (χ1v) is 9.23. The lowest BCUT2D eigenvalue weighted by Crippen LogP contribution is -2.39. The molecule has 0 fully saturated rings. The van der Waals surface area contributed by atoms with Crippen LogP contribution in [0.25, 0.3) is 0 Å². The average molecular weight is 340 g/mol. The second kappa shape index (κ2) is 8.30. The minimum Gasteiger partial charge on any atom is -0.335 e. The highest BCUT2D eigenvalue weighted by Crippen LogP contribution is 2.18. The number of benzene rings is 1. The topological polar surface area (TPSA) is 41.4 Å². The largest absolute Gasteiger partial charge is 0.335 e. The second-order valence-corrected chi connectivity index (χ2v) is 6.78. The third-order valence-electron chi connectivity index (χ3n) is 5.03. The molecule has 5 nitrogen and oxygen atoms in total. The van der Waals surface area contributed by atoms with Crippen LogP contribution >= 0.6 is 0 Å². The summed E-state index contributed by atoms with van der Waals surface area (Å²) < 4.78 is 2.21. The van der Waals surface area contributed by atoms with E-state index in [1.807, 2.05) is 47.6 Å². The van der Waals surface area contributed by atoms with E-state index in [1.165, 1.54) is 0 Å². The Bertz CT molecular complexity index is 678. The Balaban J connectivity index is 1.74. The summed E-state index contributed by atoms with van der Waals surface area (Å²) in [5.41, 5.74) is 1.07. The van der Waals surface area contributed by atoms with E-state index in [0.717, 1.165) is 44.1 Å². The number of nitrogens with zero attached hydrogens (tertiary/aromatic N) is 4. The quantitative estimate of drug-likeness (QED) is 0.811. The maximum atomic E-state index is 12.9. The molecule has 0 spiro atoms. The van der Waals surface area contributed by atoms with Gasteiger partial charge in [0.25, 0.3) is 0 Å². The van der Waals surface area contributed by atoms with Crippen LogP contribution in [0.2, 0.25) is 0 Å². The van der Waals surface area contributed by atoms with Crippen molar-refractivity contribution in [2.75, 3.05) is 26.2 Å². The van der Waals surface area contributed by atoms with Crippen molar-refractivity contribution < 1.29 is 4.79 Å². The third kappa shape index (κ3) is 4.48. The van der Waals surface area contributed by atoms with Crippen molar-refractivity contribution in [1.82, 2.24) is 19.4 Å². The Morgan fingerprint density at radius 1 is 1.20 bits per heavy atom. The molecule has 1 unspecified atom stereocenters. The van der Waals surface area contributed by atoms with E-state index in [2.05, 4.69) is 28.3 Å². The summed E-state index contributed by atoms with van der Waals surface area (Å²) >= 11 is 0. The molecular formula is C20H28N4O. The van der Waals surface area contributed by atoms with Crippen LogP contribution < -0.4 is 0 Å². The molecule has 0 aliphatic carbocycles. The minimum absolute atomic E-state index is 0.187. The molecule has 1 aromatic heterocycles. The number of amides is 1. The molecule has 1 aromatic carbocycles. The Morgan fingerprint density at radius 3 is 2.68 bits per heavy atom. The second-order valence-electron chi connectivity index (χ2n) is 6.78. The number of carbonyl (C=O) groups excluding carboxylic acids is 1. The number of aromatic nitrogens is 2. The fraction of sp³-hybridized carbons (Fsp3) is 0.500. The van der Waals surface area contributed by atoms with Crippen LogP contribution in [0.15, 0.2) is 42.7 Å². The van der Waals surface area contributed by atoms with Crippen molar-refractivity contribution in [3.05, 3.63) is 54.1 Å². The molecule has 0 radical (unpaired) electrons. The SMILES string of the molecule is CCN(CC)CC1CN(C(=O)Cc2ccccc2)Cc2nccn2C1. The summed E-state index contributed by atoms with van der Waals surface area (Å²) in [6, 6.07) is 9.99. The number of rotatable bonds is 6. The number of imidazole rings is 1. The maximum absolute atomic E-state index is 12.9. The van der Waals surface area contributed by atoms with Gasteiger partial charge in [0.05, 0.1) is 13.0 Å². The highest BCUT2D eigenvalue weighted by molar-refractivity contribution is 5.78. The lowest BCUT2D eigenvalue weighted by Gasteiger charge is -2.28. The smallest absolute Gasteiger partial charge is 0.227 e. The van der Waals surface area contributed by atoms with Crippen LogP contribution in [-0.2, 0) is 24.3 Å². The molecule has 0 saturated carbocycles. The number of hydrogen-bond acceptors (Lipinski definition) is 3. The molecular weight excluding hydrogens is 312 g/mol. The standard InChI is InChI=1S/C20H28N4O/c1-3-22(4-2)13-18-14-23-11-10-21-19(23)16-24(15-18)20(25)12-17-8-6-5-7-9-17/h5-11,18H,3-4,12-16H2,1-2H3.